The molecule has 4 nitrogen and oxygen atoms in total. The van der Waals surface area contributed by atoms with Gasteiger partial charge in [0, 0.05) is 6.42 Å². The lowest BCUT2D eigenvalue weighted by Gasteiger charge is -2.21. The number of nitrogens with one attached hydrogen (secondary N) is 2. The monoisotopic (exact) mass is 209 g/mol. The highest BCUT2D eigenvalue weighted by atomic mass is 16.4. The van der Waals surface area contributed by atoms with Gasteiger partial charge in [0.15, 0.2) is 5.89 Å². The smallest absolute Gasteiger partial charge is 0.194 e. The average molecular weight is 209 g/mol. The van der Waals surface area contributed by atoms with Crippen LogP contribution in [0, 0.1) is 5.92 Å². The van der Waals surface area contributed by atoms with Crippen molar-refractivity contribution >= 4 is 0 Å². The van der Waals surface area contributed by atoms with E-state index in [2.05, 4.69) is 15.6 Å². The van der Waals surface area contributed by atoms with Gasteiger partial charge >= 0.3 is 0 Å². The molecule has 2 N–H and O–H groups in total. The van der Waals surface area contributed by atoms with E-state index < -0.39 is 0 Å². The van der Waals surface area contributed by atoms with Crippen LogP contribution in [-0.2, 0) is 13.0 Å². The van der Waals surface area contributed by atoms with E-state index in [1.54, 1.807) is 0 Å². The Morgan fingerprint density at radius 1 is 1.67 bits per heavy atom. The summed E-state index contributed by atoms with van der Waals surface area (Å²) in [6, 6.07) is 0. The molecule has 15 heavy (non-hydrogen) atoms. The topological polar surface area (TPSA) is 50.1 Å². The predicted octanol–water partition coefficient (Wildman–Crippen LogP) is 0.936. The normalized spacial score (nSPS) is 21.8. The zero-order chi connectivity index (χ0) is 10.5. The molecule has 2 heterocycles. The highest BCUT2D eigenvalue weighted by Gasteiger charge is 2.16. The maximum Gasteiger partial charge on any atom is 0.194 e. The van der Waals surface area contributed by atoms with Crippen molar-refractivity contribution in [3.63, 3.8) is 0 Å². The van der Waals surface area contributed by atoms with Crippen LogP contribution in [0.15, 0.2) is 10.6 Å². The number of hydrogen-bond donors (Lipinski definition) is 2. The van der Waals surface area contributed by atoms with Gasteiger partial charge < -0.3 is 15.1 Å². The quantitative estimate of drug-likeness (QED) is 0.774. The van der Waals surface area contributed by atoms with E-state index in [1.165, 1.54) is 12.8 Å². The van der Waals surface area contributed by atoms with E-state index in [-0.39, 0.29) is 0 Å². The maximum atomic E-state index is 5.63. The Hall–Kier alpha value is -0.870. The van der Waals surface area contributed by atoms with Gasteiger partial charge in [-0.25, -0.2) is 4.98 Å². The highest BCUT2D eigenvalue weighted by molar-refractivity contribution is 4.95. The minimum absolute atomic E-state index is 0.694. The molecule has 0 aromatic carbocycles. The molecule has 1 aliphatic rings. The molecule has 0 saturated carbocycles. The molecule has 1 aromatic rings. The van der Waals surface area contributed by atoms with Crippen molar-refractivity contribution in [2.45, 2.75) is 25.8 Å². The molecule has 0 amide bonds. The highest BCUT2D eigenvalue weighted by Crippen LogP contribution is 2.16. The Morgan fingerprint density at radius 3 is 3.33 bits per heavy atom. The molecule has 1 aromatic heterocycles. The lowest BCUT2D eigenvalue weighted by Crippen LogP contribution is -2.30. The minimum Gasteiger partial charge on any atom is -0.444 e. The fraction of sp³-hybridized carbons (Fsp3) is 0.727. The van der Waals surface area contributed by atoms with E-state index in [0.29, 0.717) is 5.92 Å². The van der Waals surface area contributed by atoms with Crippen LogP contribution in [0.1, 0.15) is 24.5 Å². The Balaban J connectivity index is 1.86. The molecule has 1 unspecified atom stereocenters. The predicted molar refractivity (Wildman–Crippen MR) is 58.6 cm³/mol. The third-order valence-corrected chi connectivity index (χ3v) is 2.81. The summed E-state index contributed by atoms with van der Waals surface area (Å²) >= 11 is 0. The van der Waals surface area contributed by atoms with Gasteiger partial charge in [-0.05, 0) is 38.9 Å². The van der Waals surface area contributed by atoms with E-state index in [9.17, 15) is 0 Å². The molecule has 0 spiro atoms. The number of nitrogens with zero attached hydrogens (tertiary/aromatic N) is 1. The van der Waals surface area contributed by atoms with Crippen LogP contribution >= 0.6 is 0 Å². The van der Waals surface area contributed by atoms with Crippen LogP contribution in [0.25, 0.3) is 0 Å². The summed E-state index contributed by atoms with van der Waals surface area (Å²) in [7, 11) is 1.91. The van der Waals surface area contributed by atoms with Crippen molar-refractivity contribution in [3.05, 3.63) is 17.8 Å². The molecule has 1 fully saturated rings. The summed E-state index contributed by atoms with van der Waals surface area (Å²) in [6.07, 6.45) is 5.35. The largest absolute Gasteiger partial charge is 0.444 e. The van der Waals surface area contributed by atoms with E-state index in [4.69, 9.17) is 4.42 Å². The first kappa shape index (κ1) is 10.6. The van der Waals surface area contributed by atoms with E-state index in [0.717, 1.165) is 37.7 Å². The number of rotatable bonds is 4. The average Bonchev–Trinajstić information content (AvgIpc) is 2.68. The van der Waals surface area contributed by atoms with Crippen LogP contribution in [-0.4, -0.2) is 25.1 Å². The van der Waals surface area contributed by atoms with E-state index >= 15 is 0 Å². The zero-order valence-electron chi connectivity index (χ0n) is 9.25. The molecule has 84 valence electrons. The first-order valence-electron chi connectivity index (χ1n) is 5.67. The van der Waals surface area contributed by atoms with Gasteiger partial charge in [0.2, 0.25) is 0 Å². The molecule has 2 rings (SSSR count). The standard InChI is InChI=1S/C11H19N3O/c1-12-7-10-8-14-11(15-10)5-9-3-2-4-13-6-9/h8-9,12-13H,2-7H2,1H3. The zero-order valence-corrected chi connectivity index (χ0v) is 9.25. The minimum atomic E-state index is 0.694. The Bertz CT molecular complexity index is 292. The van der Waals surface area contributed by atoms with Crippen molar-refractivity contribution in [1.29, 1.82) is 0 Å². The van der Waals surface area contributed by atoms with Gasteiger partial charge in [0.1, 0.15) is 5.76 Å². The summed E-state index contributed by atoms with van der Waals surface area (Å²) in [6.45, 7) is 3.02. The molecule has 0 bridgehead atoms. The summed E-state index contributed by atoms with van der Waals surface area (Å²) in [5.41, 5.74) is 0. The van der Waals surface area contributed by atoms with Crippen LogP contribution in [0.3, 0.4) is 0 Å². The van der Waals surface area contributed by atoms with Crippen molar-refractivity contribution in [3.8, 4) is 0 Å². The van der Waals surface area contributed by atoms with Crippen molar-refractivity contribution < 1.29 is 4.42 Å². The third-order valence-electron chi connectivity index (χ3n) is 2.81. The number of piperidine rings is 1. The van der Waals surface area contributed by atoms with Gasteiger partial charge in [0.25, 0.3) is 0 Å². The van der Waals surface area contributed by atoms with E-state index in [1.807, 2.05) is 13.2 Å². The lowest BCUT2D eigenvalue weighted by molar-refractivity contribution is 0.338. The molecule has 4 heteroatoms. The van der Waals surface area contributed by atoms with Gasteiger partial charge in [-0.2, -0.15) is 0 Å². The lowest BCUT2D eigenvalue weighted by atomic mass is 9.96. The van der Waals surface area contributed by atoms with Gasteiger partial charge in [-0.15, -0.1) is 0 Å². The number of aromatic nitrogens is 1. The second kappa shape index (κ2) is 5.28. The van der Waals surface area contributed by atoms with Crippen LogP contribution in [0.5, 0.6) is 0 Å². The summed E-state index contributed by atoms with van der Waals surface area (Å²) in [5.74, 6) is 2.50. The molecule has 0 radical (unpaired) electrons. The second-order valence-electron chi connectivity index (χ2n) is 4.17. The molecular formula is C11H19N3O. The van der Waals surface area contributed by atoms with Gasteiger partial charge in [0.05, 0.1) is 12.7 Å². The van der Waals surface area contributed by atoms with Gasteiger partial charge in [-0.3, -0.25) is 0 Å². The first-order chi connectivity index (χ1) is 7.38. The fourth-order valence-corrected chi connectivity index (χ4v) is 2.04. The first-order valence-corrected chi connectivity index (χ1v) is 5.67. The molecule has 0 aliphatic carbocycles. The van der Waals surface area contributed by atoms with Crippen LogP contribution in [0.4, 0.5) is 0 Å². The van der Waals surface area contributed by atoms with Crippen LogP contribution in [0.2, 0.25) is 0 Å². The molecule has 1 atom stereocenters. The Morgan fingerprint density at radius 2 is 2.60 bits per heavy atom. The molecule has 1 saturated heterocycles. The van der Waals surface area contributed by atoms with Crippen molar-refractivity contribution in [1.82, 2.24) is 15.6 Å². The van der Waals surface area contributed by atoms with Crippen LogP contribution < -0.4 is 10.6 Å². The molecule has 1 aliphatic heterocycles. The van der Waals surface area contributed by atoms with Crippen molar-refractivity contribution in [2.75, 3.05) is 20.1 Å². The maximum absolute atomic E-state index is 5.63. The second-order valence-corrected chi connectivity index (χ2v) is 4.17. The Kier molecular flexibility index (Phi) is 3.75. The number of oxazole rings is 1. The third kappa shape index (κ3) is 3.04. The summed E-state index contributed by atoms with van der Waals surface area (Å²) < 4.78 is 5.63. The fourth-order valence-electron chi connectivity index (χ4n) is 2.04. The summed E-state index contributed by atoms with van der Waals surface area (Å²) in [5, 5.41) is 6.46. The number of hydrogen-bond acceptors (Lipinski definition) is 4. The summed E-state index contributed by atoms with van der Waals surface area (Å²) in [4.78, 5) is 4.29. The Labute approximate surface area is 90.5 Å². The SMILES string of the molecule is CNCc1cnc(CC2CCCNC2)o1. The molecular weight excluding hydrogens is 190 g/mol. The van der Waals surface area contributed by atoms with Gasteiger partial charge in [-0.1, -0.05) is 0 Å². The van der Waals surface area contributed by atoms with Crippen molar-refractivity contribution in [2.24, 2.45) is 5.92 Å².